The first-order valence-corrected chi connectivity index (χ1v) is 14.7. The maximum absolute atomic E-state index is 7.98. The Labute approximate surface area is 235 Å². The van der Waals surface area contributed by atoms with Crippen LogP contribution in [-0.2, 0) is 4.74 Å². The summed E-state index contributed by atoms with van der Waals surface area (Å²) in [4.78, 5) is 2.64. The molecule has 1 aromatic rings. The zero-order chi connectivity index (χ0) is 29.8. The van der Waals surface area contributed by atoms with E-state index in [4.69, 9.17) is 20.8 Å². The highest BCUT2D eigenvalue weighted by atomic mass is 16.5. The van der Waals surface area contributed by atoms with E-state index in [1.54, 1.807) is 7.11 Å². The Kier molecular flexibility index (Phi) is 8.02. The Bertz CT molecular complexity index is 1020. The number of hydrogen-bond acceptors (Lipinski definition) is 5. The van der Waals surface area contributed by atoms with E-state index < -0.39 is 11.2 Å². The summed E-state index contributed by atoms with van der Waals surface area (Å²) in [6.07, 6.45) is 1.87. The van der Waals surface area contributed by atoms with Gasteiger partial charge in [0.1, 0.15) is 0 Å². The first-order chi connectivity index (χ1) is 17.9. The van der Waals surface area contributed by atoms with Crippen LogP contribution in [0.4, 0.5) is 0 Å². The van der Waals surface area contributed by atoms with Gasteiger partial charge in [-0.25, -0.2) is 0 Å². The molecular formula is C33H57NO4. The molecule has 1 aromatic carbocycles. The van der Waals surface area contributed by atoms with Crippen LogP contribution in [-0.4, -0.2) is 60.6 Å². The van der Waals surface area contributed by atoms with Crippen LogP contribution >= 0.6 is 0 Å². The van der Waals surface area contributed by atoms with Gasteiger partial charge in [0, 0.05) is 29.0 Å². The van der Waals surface area contributed by atoms with Crippen molar-refractivity contribution in [3.05, 3.63) is 23.3 Å². The van der Waals surface area contributed by atoms with Gasteiger partial charge in [-0.2, -0.15) is 0 Å². The van der Waals surface area contributed by atoms with Crippen LogP contribution < -0.4 is 9.47 Å². The molecule has 1 saturated carbocycles. The standard InChI is InChI=1S/C33H57NO4/c1-15-37-27-18-25(21(2)16-26(27)36-14)22(3)20-38-33(13)28(17-23(4)29(6,7)30(33,8)9)34-24(5)19-32(12,35)31(34,10)11/h16,18,22-24,28,35H,15,17,19-20H2,1-14H3/t22?,23?,24?,28-,32-,33+/m1/s1/i35D. The molecule has 2 aliphatic rings. The molecule has 1 aliphatic heterocycles. The summed E-state index contributed by atoms with van der Waals surface area (Å²) in [6, 6.07) is 4.67. The molecule has 3 unspecified atom stereocenters. The average molecular weight is 533 g/mol. The van der Waals surface area contributed by atoms with Crippen LogP contribution in [0.3, 0.4) is 0 Å². The molecular weight excluding hydrogens is 474 g/mol. The van der Waals surface area contributed by atoms with Gasteiger partial charge in [0.15, 0.2) is 11.5 Å². The Morgan fingerprint density at radius 3 is 2.24 bits per heavy atom. The first kappa shape index (κ1) is 29.7. The van der Waals surface area contributed by atoms with Gasteiger partial charge in [-0.1, -0.05) is 41.5 Å². The zero-order valence-electron chi connectivity index (χ0n) is 27.9. The number of benzene rings is 1. The number of aryl methyl sites for hydroxylation is 1. The van der Waals surface area contributed by atoms with Crippen LogP contribution in [0.1, 0.15) is 113 Å². The van der Waals surface area contributed by atoms with E-state index >= 15 is 0 Å². The minimum Gasteiger partial charge on any atom is -0.493 e. The molecule has 38 heavy (non-hydrogen) atoms. The third kappa shape index (κ3) is 4.69. The quantitative estimate of drug-likeness (QED) is 0.360. The molecule has 218 valence electrons. The SMILES string of the molecule is [2H]O[C@]1(C)CC(C)N([C@@H]2CC(C)C(C)(C)C(C)(C)[C@@]2(C)OCC(C)c2cc(OCC)c(OC)cc2C)C1(C)C. The van der Waals surface area contributed by atoms with E-state index in [0.717, 1.165) is 24.3 Å². The van der Waals surface area contributed by atoms with Crippen molar-refractivity contribution in [2.24, 2.45) is 16.7 Å². The molecule has 2 fully saturated rings. The fourth-order valence-electron chi connectivity index (χ4n) is 7.64. The van der Waals surface area contributed by atoms with E-state index in [0.29, 0.717) is 19.1 Å². The molecule has 0 amide bonds. The number of ether oxygens (including phenoxy) is 3. The van der Waals surface area contributed by atoms with Gasteiger partial charge in [0.25, 0.3) is 0 Å². The lowest BCUT2D eigenvalue weighted by atomic mass is 9.47. The van der Waals surface area contributed by atoms with Crippen LogP contribution in [0.2, 0.25) is 0 Å². The maximum Gasteiger partial charge on any atom is 0.211 e. The largest absolute Gasteiger partial charge is 0.493 e. The van der Waals surface area contributed by atoms with Crippen molar-refractivity contribution in [1.82, 2.24) is 4.90 Å². The highest BCUT2D eigenvalue weighted by molar-refractivity contribution is 5.48. The fraction of sp³-hybridized carbons (Fsp3) is 0.818. The van der Waals surface area contributed by atoms with Gasteiger partial charge in [-0.3, -0.25) is 4.90 Å². The molecule has 6 atom stereocenters. The van der Waals surface area contributed by atoms with Crippen molar-refractivity contribution in [2.75, 3.05) is 20.3 Å². The summed E-state index contributed by atoms with van der Waals surface area (Å²) in [5, 5.41) is 5.46. The maximum atomic E-state index is 7.98. The van der Waals surface area contributed by atoms with Crippen molar-refractivity contribution in [2.45, 2.75) is 138 Å². The van der Waals surface area contributed by atoms with E-state index in [1.807, 2.05) is 6.92 Å². The third-order valence-electron chi connectivity index (χ3n) is 11.7. The van der Waals surface area contributed by atoms with Crippen LogP contribution in [0.15, 0.2) is 12.1 Å². The van der Waals surface area contributed by atoms with Crippen molar-refractivity contribution < 1.29 is 19.3 Å². The minimum atomic E-state index is -0.545. The molecule has 5 heteroatoms. The minimum absolute atomic E-state index is 0.0714. The van der Waals surface area contributed by atoms with Gasteiger partial charge in [0.2, 0.25) is 1.43 Å². The lowest BCUT2D eigenvalue weighted by Gasteiger charge is -2.66. The topological polar surface area (TPSA) is 51.2 Å². The van der Waals surface area contributed by atoms with E-state index in [-0.39, 0.29) is 34.4 Å². The number of rotatable bonds is 9. The zero-order valence-corrected chi connectivity index (χ0v) is 26.9. The summed E-state index contributed by atoms with van der Waals surface area (Å²) in [6.45, 7) is 30.9. The molecule has 1 heterocycles. The van der Waals surface area contributed by atoms with Crippen molar-refractivity contribution in [3.8, 4) is 11.5 Å². The molecule has 5 nitrogen and oxygen atoms in total. The molecule has 0 spiro atoms. The number of nitrogens with zero attached hydrogens (tertiary/aromatic N) is 1. The van der Waals surface area contributed by atoms with Crippen molar-refractivity contribution >= 4 is 0 Å². The summed E-state index contributed by atoms with van der Waals surface area (Å²) in [7, 11) is 1.69. The van der Waals surface area contributed by atoms with E-state index in [2.05, 4.69) is 100 Å². The Hall–Kier alpha value is -1.30. The third-order valence-corrected chi connectivity index (χ3v) is 11.7. The van der Waals surface area contributed by atoms with Crippen molar-refractivity contribution in [3.63, 3.8) is 0 Å². The second kappa shape index (κ2) is 10.3. The monoisotopic (exact) mass is 532 g/mol. The number of aliphatic hydroxyl groups is 1. The van der Waals surface area contributed by atoms with Crippen LogP contribution in [0.5, 0.6) is 11.5 Å². The van der Waals surface area contributed by atoms with E-state index in [9.17, 15) is 0 Å². The van der Waals surface area contributed by atoms with Gasteiger partial charge in [0.05, 0.1) is 31.5 Å². The number of likely N-dealkylation sites (tertiary alicyclic amines) is 1. The van der Waals surface area contributed by atoms with Crippen molar-refractivity contribution in [1.29, 1.82) is 1.43 Å². The first-order valence-electron chi connectivity index (χ1n) is 15.1. The second-order valence-corrected chi connectivity index (χ2v) is 14.4. The van der Waals surface area contributed by atoms with E-state index in [1.165, 1.54) is 11.1 Å². The lowest BCUT2D eigenvalue weighted by Crippen LogP contribution is -2.72. The Morgan fingerprint density at radius 1 is 1.08 bits per heavy atom. The van der Waals surface area contributed by atoms with Gasteiger partial charge in [-0.05, 0) is 95.9 Å². The molecule has 0 aromatic heterocycles. The smallest absolute Gasteiger partial charge is 0.211 e. The summed E-state index contributed by atoms with van der Waals surface area (Å²) >= 11 is 0. The molecule has 0 bridgehead atoms. The van der Waals surface area contributed by atoms with Gasteiger partial charge >= 0.3 is 0 Å². The highest BCUT2D eigenvalue weighted by Crippen LogP contribution is 2.62. The molecule has 0 radical (unpaired) electrons. The fourth-order valence-corrected chi connectivity index (χ4v) is 7.64. The Balaban J connectivity index is 2.04. The van der Waals surface area contributed by atoms with Crippen LogP contribution in [0.25, 0.3) is 0 Å². The predicted molar refractivity (Wildman–Crippen MR) is 157 cm³/mol. The summed E-state index contributed by atoms with van der Waals surface area (Å²) < 4.78 is 26.7. The lowest BCUT2D eigenvalue weighted by molar-refractivity contribution is -0.247. The number of hydrogen-bond donors (Lipinski definition) is 1. The van der Waals surface area contributed by atoms with Gasteiger partial charge < -0.3 is 19.3 Å². The molecule has 1 N–H and O–H groups in total. The molecule has 1 aliphatic carbocycles. The summed E-state index contributed by atoms with van der Waals surface area (Å²) in [5.41, 5.74) is 1.07. The van der Waals surface area contributed by atoms with Crippen LogP contribution in [0, 0.1) is 23.7 Å². The molecule has 3 rings (SSSR count). The Morgan fingerprint density at radius 2 is 1.71 bits per heavy atom. The average Bonchev–Trinajstić information content (AvgIpc) is 3.03. The second-order valence-electron chi connectivity index (χ2n) is 14.4. The number of methoxy groups -OCH3 is 1. The summed E-state index contributed by atoms with van der Waals surface area (Å²) in [5.74, 6) is 2.24. The highest BCUT2D eigenvalue weighted by Gasteiger charge is 2.66. The van der Waals surface area contributed by atoms with Gasteiger partial charge in [-0.15, -0.1) is 0 Å². The predicted octanol–water partition coefficient (Wildman–Crippen LogP) is 7.37. The molecule has 1 saturated heterocycles. The normalized spacial score (nSPS) is 35.5.